The highest BCUT2D eigenvalue weighted by Gasteiger charge is 2.38. The first kappa shape index (κ1) is 12.7. The first-order valence-corrected chi connectivity index (χ1v) is 5.61. The summed E-state index contributed by atoms with van der Waals surface area (Å²) in [6.45, 7) is 1.22. The van der Waals surface area contributed by atoms with Crippen LogP contribution in [0.15, 0.2) is 18.5 Å². The van der Waals surface area contributed by atoms with Crippen molar-refractivity contribution in [2.75, 3.05) is 6.61 Å². The van der Waals surface area contributed by atoms with E-state index in [9.17, 15) is 14.9 Å². The maximum absolute atomic E-state index is 11.4. The Morgan fingerprint density at radius 1 is 1.72 bits per heavy atom. The van der Waals surface area contributed by atoms with Gasteiger partial charge in [-0.1, -0.05) is 0 Å². The number of hydrogen-bond acceptors (Lipinski definition) is 5. The van der Waals surface area contributed by atoms with Crippen LogP contribution in [0.3, 0.4) is 0 Å². The average molecular weight is 254 g/mol. The third-order valence-electron chi connectivity index (χ3n) is 3.18. The van der Waals surface area contributed by atoms with Gasteiger partial charge in [-0.3, -0.25) is 14.9 Å². The number of carbonyl (C=O) groups excluding carboxylic acids is 1. The van der Waals surface area contributed by atoms with Crippen LogP contribution in [-0.4, -0.2) is 33.1 Å². The van der Waals surface area contributed by atoms with Crippen molar-refractivity contribution in [1.29, 1.82) is 0 Å². The van der Waals surface area contributed by atoms with Gasteiger partial charge in [0, 0.05) is 18.7 Å². The molecule has 18 heavy (non-hydrogen) atoms. The molecule has 0 aliphatic carbocycles. The molecule has 1 saturated heterocycles. The van der Waals surface area contributed by atoms with E-state index in [-0.39, 0.29) is 24.0 Å². The Kier molecular flexibility index (Phi) is 3.44. The van der Waals surface area contributed by atoms with Crippen molar-refractivity contribution < 1.29 is 19.6 Å². The molecule has 2 rings (SSSR count). The van der Waals surface area contributed by atoms with Crippen LogP contribution in [0, 0.1) is 16.0 Å². The van der Waals surface area contributed by atoms with Crippen molar-refractivity contribution in [3.8, 4) is 0 Å². The number of ketones is 1. The van der Waals surface area contributed by atoms with Gasteiger partial charge >= 0.3 is 0 Å². The SMILES string of the molecule is CC(=O)[C@H]1C[C@H](n2ccc([N+](=O)[O-])c2)O[C@@H]1CO. The summed E-state index contributed by atoms with van der Waals surface area (Å²) >= 11 is 0. The van der Waals surface area contributed by atoms with Gasteiger partial charge in [0.25, 0.3) is 5.69 Å². The third-order valence-corrected chi connectivity index (χ3v) is 3.18. The monoisotopic (exact) mass is 254 g/mol. The predicted molar refractivity (Wildman–Crippen MR) is 60.9 cm³/mol. The molecule has 1 aliphatic rings. The molecule has 0 unspecified atom stereocenters. The highest BCUT2D eigenvalue weighted by atomic mass is 16.6. The molecule has 7 heteroatoms. The Bertz CT molecular complexity index is 470. The minimum atomic E-state index is -0.533. The zero-order valence-electron chi connectivity index (χ0n) is 9.85. The summed E-state index contributed by atoms with van der Waals surface area (Å²) in [5, 5.41) is 19.7. The van der Waals surface area contributed by atoms with E-state index >= 15 is 0 Å². The lowest BCUT2D eigenvalue weighted by atomic mass is 9.97. The molecule has 0 aromatic carbocycles. The fourth-order valence-electron chi connectivity index (χ4n) is 2.20. The summed E-state index contributed by atoms with van der Waals surface area (Å²) in [5.41, 5.74) is -0.0228. The topological polar surface area (TPSA) is 94.6 Å². The largest absolute Gasteiger partial charge is 0.394 e. The number of ether oxygens (including phenoxy) is 1. The molecule has 1 aliphatic heterocycles. The Balaban J connectivity index is 2.15. The van der Waals surface area contributed by atoms with E-state index in [1.165, 1.54) is 19.2 Å². The number of carbonyl (C=O) groups is 1. The number of nitro groups is 1. The van der Waals surface area contributed by atoms with Gasteiger partial charge in [-0.05, 0) is 6.92 Å². The van der Waals surface area contributed by atoms with Gasteiger partial charge in [-0.15, -0.1) is 0 Å². The summed E-state index contributed by atoms with van der Waals surface area (Å²) in [7, 11) is 0. The van der Waals surface area contributed by atoms with Gasteiger partial charge in [0.05, 0.1) is 29.7 Å². The van der Waals surface area contributed by atoms with Gasteiger partial charge in [0.15, 0.2) is 0 Å². The van der Waals surface area contributed by atoms with Crippen LogP contribution in [0.25, 0.3) is 0 Å². The van der Waals surface area contributed by atoms with E-state index in [0.717, 1.165) is 0 Å². The Hall–Kier alpha value is -1.73. The van der Waals surface area contributed by atoms with E-state index < -0.39 is 17.3 Å². The smallest absolute Gasteiger partial charge is 0.286 e. The van der Waals surface area contributed by atoms with Crippen molar-refractivity contribution in [1.82, 2.24) is 4.57 Å². The highest BCUT2D eigenvalue weighted by molar-refractivity contribution is 5.79. The average Bonchev–Trinajstić information content (AvgIpc) is 2.95. The molecule has 1 fully saturated rings. The van der Waals surface area contributed by atoms with Gasteiger partial charge < -0.3 is 14.4 Å². The van der Waals surface area contributed by atoms with Crippen LogP contribution in [0.5, 0.6) is 0 Å². The standard InChI is InChI=1S/C11H14N2O5/c1-7(15)9-4-11(18-10(9)6-14)12-3-2-8(5-12)13(16)17/h2-3,5,9-11,14H,4,6H2,1H3/t9-,10-,11-/m1/s1. The molecule has 1 aromatic rings. The van der Waals surface area contributed by atoms with Gasteiger partial charge in [0.2, 0.25) is 0 Å². The van der Waals surface area contributed by atoms with Crippen molar-refractivity contribution >= 4 is 11.5 Å². The van der Waals surface area contributed by atoms with Crippen molar-refractivity contribution in [3.63, 3.8) is 0 Å². The number of aliphatic hydroxyl groups is 1. The molecule has 0 radical (unpaired) electrons. The number of aromatic nitrogens is 1. The molecule has 0 amide bonds. The molecule has 7 nitrogen and oxygen atoms in total. The molecular formula is C11H14N2O5. The quantitative estimate of drug-likeness (QED) is 0.635. The Morgan fingerprint density at radius 2 is 2.44 bits per heavy atom. The van der Waals surface area contributed by atoms with Crippen molar-refractivity contribution in [2.24, 2.45) is 5.92 Å². The molecule has 1 aromatic heterocycles. The summed E-state index contributed by atoms with van der Waals surface area (Å²) in [4.78, 5) is 21.5. The number of rotatable bonds is 4. The number of Topliss-reactive ketones (excluding diaryl/α,β-unsaturated/α-hetero) is 1. The highest BCUT2D eigenvalue weighted by Crippen LogP contribution is 2.34. The lowest BCUT2D eigenvalue weighted by Gasteiger charge is -2.13. The maximum Gasteiger partial charge on any atom is 0.286 e. The number of nitrogens with zero attached hydrogens (tertiary/aromatic N) is 2. The molecule has 1 N–H and O–H groups in total. The maximum atomic E-state index is 11.4. The molecule has 3 atom stereocenters. The van der Waals surface area contributed by atoms with Crippen LogP contribution in [0.1, 0.15) is 19.6 Å². The van der Waals surface area contributed by atoms with Gasteiger partial charge in [-0.2, -0.15) is 0 Å². The summed E-state index contributed by atoms with van der Waals surface area (Å²) in [6, 6.07) is 1.37. The second-order valence-corrected chi connectivity index (χ2v) is 4.34. The zero-order valence-corrected chi connectivity index (χ0v) is 9.85. The lowest BCUT2D eigenvalue weighted by Crippen LogP contribution is -2.25. The number of hydrogen-bond donors (Lipinski definition) is 1. The van der Waals surface area contributed by atoms with Crippen molar-refractivity contribution in [2.45, 2.75) is 25.7 Å². The minimum absolute atomic E-state index is 0.0228. The second-order valence-electron chi connectivity index (χ2n) is 4.34. The molecule has 0 bridgehead atoms. The Morgan fingerprint density at radius 3 is 2.89 bits per heavy atom. The molecular weight excluding hydrogens is 240 g/mol. The van der Waals surface area contributed by atoms with E-state index in [4.69, 9.17) is 9.84 Å². The fraction of sp³-hybridized carbons (Fsp3) is 0.545. The van der Waals surface area contributed by atoms with Crippen LogP contribution < -0.4 is 0 Å². The molecule has 0 saturated carbocycles. The number of aliphatic hydroxyl groups excluding tert-OH is 1. The van der Waals surface area contributed by atoms with Crippen LogP contribution in [0.2, 0.25) is 0 Å². The van der Waals surface area contributed by atoms with Crippen molar-refractivity contribution in [3.05, 3.63) is 28.6 Å². The van der Waals surface area contributed by atoms with E-state index in [0.29, 0.717) is 6.42 Å². The Labute approximate surface area is 103 Å². The first-order valence-electron chi connectivity index (χ1n) is 5.61. The molecule has 0 spiro atoms. The van der Waals surface area contributed by atoms with Gasteiger partial charge in [-0.25, -0.2) is 0 Å². The molecule has 2 heterocycles. The molecule has 98 valence electrons. The third kappa shape index (κ3) is 2.27. The summed E-state index contributed by atoms with van der Waals surface area (Å²) < 4.78 is 7.09. The van der Waals surface area contributed by atoms with Gasteiger partial charge in [0.1, 0.15) is 12.0 Å². The summed E-state index contributed by atoms with van der Waals surface area (Å²) in [6.07, 6.45) is 2.35. The van der Waals surface area contributed by atoms with Crippen LogP contribution in [-0.2, 0) is 9.53 Å². The summed E-state index contributed by atoms with van der Waals surface area (Å²) in [5.74, 6) is -0.403. The van der Waals surface area contributed by atoms with E-state index in [1.807, 2.05) is 0 Å². The minimum Gasteiger partial charge on any atom is -0.394 e. The predicted octanol–water partition coefficient (Wildman–Crippen LogP) is 0.881. The zero-order chi connectivity index (χ0) is 13.3. The normalized spacial score (nSPS) is 27.3. The van der Waals surface area contributed by atoms with Crippen LogP contribution in [0.4, 0.5) is 5.69 Å². The van der Waals surface area contributed by atoms with E-state index in [1.54, 1.807) is 10.8 Å². The first-order chi connectivity index (χ1) is 8.52. The second kappa shape index (κ2) is 4.87. The van der Waals surface area contributed by atoms with E-state index in [2.05, 4.69) is 0 Å². The lowest BCUT2D eigenvalue weighted by molar-refractivity contribution is -0.384. The fourth-order valence-corrected chi connectivity index (χ4v) is 2.20. The van der Waals surface area contributed by atoms with Crippen LogP contribution >= 0.6 is 0 Å².